The van der Waals surface area contributed by atoms with Gasteiger partial charge < -0.3 is 4.52 Å². The summed E-state index contributed by atoms with van der Waals surface area (Å²) in [6.07, 6.45) is 0. The molecular formula is C10H6BrClFNO. The van der Waals surface area contributed by atoms with Gasteiger partial charge in [-0.1, -0.05) is 22.8 Å². The van der Waals surface area contributed by atoms with Crippen molar-refractivity contribution in [3.63, 3.8) is 0 Å². The molecule has 15 heavy (non-hydrogen) atoms. The molecule has 5 heteroatoms. The minimum atomic E-state index is -0.420. The van der Waals surface area contributed by atoms with E-state index < -0.39 is 5.82 Å². The minimum absolute atomic E-state index is 0.253. The second kappa shape index (κ2) is 3.94. The fourth-order valence-corrected chi connectivity index (χ4v) is 1.84. The fourth-order valence-electron chi connectivity index (χ4n) is 1.24. The quantitative estimate of drug-likeness (QED) is 0.786. The van der Waals surface area contributed by atoms with Crippen LogP contribution in [-0.2, 0) is 0 Å². The summed E-state index contributed by atoms with van der Waals surface area (Å²) in [5, 5.41) is 4.07. The van der Waals surface area contributed by atoms with Gasteiger partial charge >= 0.3 is 0 Å². The third-order valence-corrected chi connectivity index (χ3v) is 3.24. The van der Waals surface area contributed by atoms with Gasteiger partial charge in [-0.25, -0.2) is 4.39 Å². The summed E-state index contributed by atoms with van der Waals surface area (Å²) in [6.45, 7) is 1.73. The number of aromatic nitrogens is 1. The van der Waals surface area contributed by atoms with Crippen LogP contribution in [0.2, 0.25) is 5.02 Å². The van der Waals surface area contributed by atoms with E-state index in [1.165, 1.54) is 6.07 Å². The van der Waals surface area contributed by atoms with Crippen molar-refractivity contribution < 1.29 is 8.91 Å². The largest absolute Gasteiger partial charge is 0.360 e. The van der Waals surface area contributed by atoms with Crippen LogP contribution in [0.3, 0.4) is 0 Å². The average Bonchev–Trinajstić information content (AvgIpc) is 2.49. The highest BCUT2D eigenvalue weighted by Gasteiger charge is 2.18. The molecule has 0 radical (unpaired) electrons. The van der Waals surface area contributed by atoms with Gasteiger partial charge in [0.15, 0.2) is 0 Å². The molecule has 78 valence electrons. The molecular weight excluding hydrogens is 284 g/mol. The lowest BCUT2D eigenvalue weighted by Gasteiger charge is -2.01. The maximum Gasteiger partial charge on any atom is 0.148 e. The van der Waals surface area contributed by atoms with Crippen LogP contribution >= 0.6 is 27.5 Å². The minimum Gasteiger partial charge on any atom is -0.360 e. The molecule has 0 spiro atoms. The monoisotopic (exact) mass is 289 g/mol. The van der Waals surface area contributed by atoms with Crippen molar-refractivity contribution in [2.75, 3.05) is 0 Å². The number of benzene rings is 1. The van der Waals surface area contributed by atoms with Crippen molar-refractivity contribution in [1.29, 1.82) is 0 Å². The Balaban J connectivity index is 2.69. The highest BCUT2D eigenvalue weighted by molar-refractivity contribution is 9.10. The topological polar surface area (TPSA) is 26.0 Å². The van der Waals surface area contributed by atoms with E-state index in [-0.39, 0.29) is 5.56 Å². The van der Waals surface area contributed by atoms with E-state index >= 15 is 0 Å². The van der Waals surface area contributed by atoms with Crippen LogP contribution in [0.1, 0.15) is 5.76 Å². The first kappa shape index (κ1) is 10.6. The number of rotatable bonds is 1. The zero-order valence-electron chi connectivity index (χ0n) is 7.72. The van der Waals surface area contributed by atoms with Gasteiger partial charge in [0.1, 0.15) is 17.3 Å². The van der Waals surface area contributed by atoms with Crippen LogP contribution in [-0.4, -0.2) is 5.16 Å². The van der Waals surface area contributed by atoms with Gasteiger partial charge in [0.2, 0.25) is 0 Å². The van der Waals surface area contributed by atoms with Crippen molar-refractivity contribution >= 4 is 27.5 Å². The third-order valence-electron chi connectivity index (χ3n) is 1.99. The molecule has 2 aromatic rings. The van der Waals surface area contributed by atoms with Gasteiger partial charge in [0.05, 0.1) is 15.1 Å². The number of aryl methyl sites for hydroxylation is 1. The maximum absolute atomic E-state index is 13.5. The fraction of sp³-hybridized carbons (Fsp3) is 0.100. The molecule has 0 amide bonds. The molecule has 1 aromatic heterocycles. The highest BCUT2D eigenvalue weighted by atomic mass is 79.9. The summed E-state index contributed by atoms with van der Waals surface area (Å²) in [6, 6.07) is 4.48. The normalized spacial score (nSPS) is 10.7. The van der Waals surface area contributed by atoms with Gasteiger partial charge in [-0.3, -0.25) is 0 Å². The van der Waals surface area contributed by atoms with Gasteiger partial charge in [0, 0.05) is 0 Å². The molecule has 2 rings (SSSR count). The summed E-state index contributed by atoms with van der Waals surface area (Å²) in [5.74, 6) is 0.167. The van der Waals surface area contributed by atoms with Crippen molar-refractivity contribution in [2.45, 2.75) is 6.92 Å². The highest BCUT2D eigenvalue weighted by Crippen LogP contribution is 2.35. The van der Waals surface area contributed by atoms with Crippen molar-refractivity contribution in [1.82, 2.24) is 5.16 Å². The van der Waals surface area contributed by atoms with E-state index in [9.17, 15) is 4.39 Å². The Morgan fingerprint density at radius 2 is 2.20 bits per heavy atom. The van der Waals surface area contributed by atoms with Crippen LogP contribution < -0.4 is 0 Å². The molecule has 0 atom stereocenters. The summed E-state index contributed by atoms with van der Waals surface area (Å²) in [4.78, 5) is 0. The van der Waals surface area contributed by atoms with E-state index in [1.807, 2.05) is 0 Å². The Labute approximate surface area is 99.2 Å². The predicted molar refractivity (Wildman–Crippen MR) is 59.3 cm³/mol. The van der Waals surface area contributed by atoms with Gasteiger partial charge in [-0.2, -0.15) is 0 Å². The van der Waals surface area contributed by atoms with Crippen molar-refractivity contribution in [3.8, 4) is 11.3 Å². The Kier molecular flexibility index (Phi) is 2.80. The molecule has 0 saturated heterocycles. The van der Waals surface area contributed by atoms with Gasteiger partial charge in [-0.15, -0.1) is 0 Å². The first-order valence-electron chi connectivity index (χ1n) is 4.17. The first-order chi connectivity index (χ1) is 7.11. The number of nitrogens with zero attached hydrogens (tertiary/aromatic N) is 1. The lowest BCUT2D eigenvalue weighted by molar-refractivity contribution is 0.398. The number of hydrogen-bond donors (Lipinski definition) is 0. The molecule has 2 nitrogen and oxygen atoms in total. The molecule has 1 heterocycles. The summed E-state index contributed by atoms with van der Waals surface area (Å²) in [5.41, 5.74) is 0.637. The van der Waals surface area contributed by atoms with E-state index in [4.69, 9.17) is 16.1 Å². The van der Waals surface area contributed by atoms with E-state index in [1.54, 1.807) is 19.1 Å². The molecule has 1 aromatic carbocycles. The summed E-state index contributed by atoms with van der Waals surface area (Å²) < 4.78 is 19.1. The second-order valence-corrected chi connectivity index (χ2v) is 4.20. The maximum atomic E-state index is 13.5. The lowest BCUT2D eigenvalue weighted by atomic mass is 10.1. The second-order valence-electron chi connectivity index (χ2n) is 3.00. The zero-order valence-corrected chi connectivity index (χ0v) is 10.1. The Morgan fingerprint density at radius 3 is 2.73 bits per heavy atom. The van der Waals surface area contributed by atoms with Crippen LogP contribution in [0.5, 0.6) is 0 Å². The SMILES string of the molecule is Cc1onc(-c2c(F)cccc2Cl)c1Br. The molecule has 0 aliphatic carbocycles. The van der Waals surface area contributed by atoms with Crippen molar-refractivity contribution in [3.05, 3.63) is 39.3 Å². The Bertz CT molecular complexity index is 492. The van der Waals surface area contributed by atoms with Crippen LogP contribution in [0.25, 0.3) is 11.3 Å². The number of hydrogen-bond acceptors (Lipinski definition) is 2. The molecule has 0 saturated carbocycles. The van der Waals surface area contributed by atoms with Gasteiger partial charge in [0.25, 0.3) is 0 Å². The molecule has 0 aliphatic rings. The van der Waals surface area contributed by atoms with Crippen molar-refractivity contribution in [2.24, 2.45) is 0 Å². The zero-order chi connectivity index (χ0) is 11.0. The molecule has 0 unspecified atom stereocenters. The summed E-state index contributed by atoms with van der Waals surface area (Å²) >= 11 is 9.18. The first-order valence-corrected chi connectivity index (χ1v) is 5.34. The molecule has 0 aliphatic heterocycles. The third kappa shape index (κ3) is 1.79. The standard InChI is InChI=1S/C10H6BrClFNO/c1-5-9(11)10(14-15-5)8-6(12)3-2-4-7(8)13/h2-4H,1H3. The van der Waals surface area contributed by atoms with E-state index in [0.717, 1.165) is 0 Å². The predicted octanol–water partition coefficient (Wildman–Crippen LogP) is 4.21. The Morgan fingerprint density at radius 1 is 1.47 bits per heavy atom. The molecule has 0 bridgehead atoms. The number of halogens is 3. The van der Waals surface area contributed by atoms with E-state index in [2.05, 4.69) is 21.1 Å². The van der Waals surface area contributed by atoms with Crippen LogP contribution in [0.4, 0.5) is 4.39 Å². The lowest BCUT2D eigenvalue weighted by Crippen LogP contribution is -1.86. The molecule has 0 fully saturated rings. The van der Waals surface area contributed by atoms with Gasteiger partial charge in [-0.05, 0) is 35.0 Å². The summed E-state index contributed by atoms with van der Waals surface area (Å²) in [7, 11) is 0. The molecule has 0 N–H and O–H groups in total. The smallest absolute Gasteiger partial charge is 0.148 e. The Hall–Kier alpha value is -0.870. The van der Waals surface area contributed by atoms with Crippen LogP contribution in [0.15, 0.2) is 27.2 Å². The van der Waals surface area contributed by atoms with Crippen LogP contribution in [0, 0.1) is 12.7 Å². The average molecular weight is 291 g/mol. The van der Waals surface area contributed by atoms with E-state index in [0.29, 0.717) is 20.9 Å².